The average Bonchev–Trinajstić information content (AvgIpc) is 2.26. The molecule has 1 saturated heterocycles. The van der Waals surface area contributed by atoms with Gasteiger partial charge in [0.2, 0.25) is 0 Å². The Morgan fingerprint density at radius 2 is 1.73 bits per heavy atom. The van der Waals surface area contributed by atoms with Crippen molar-refractivity contribution in [2.75, 3.05) is 6.54 Å². The van der Waals surface area contributed by atoms with Crippen molar-refractivity contribution in [3.05, 3.63) is 0 Å². The number of nitrogens with one attached hydrogen (secondary N) is 1. The van der Waals surface area contributed by atoms with E-state index < -0.39 is 0 Å². The minimum absolute atomic E-state index is 0.424. The fourth-order valence-corrected chi connectivity index (χ4v) is 2.55. The summed E-state index contributed by atoms with van der Waals surface area (Å²) in [7, 11) is 0. The summed E-state index contributed by atoms with van der Waals surface area (Å²) in [4.78, 5) is 0. The summed E-state index contributed by atoms with van der Waals surface area (Å²) >= 11 is 0. The lowest BCUT2D eigenvalue weighted by Crippen LogP contribution is -2.48. The second kappa shape index (κ2) is 2.78. The van der Waals surface area contributed by atoms with Crippen molar-refractivity contribution < 1.29 is 0 Å². The van der Waals surface area contributed by atoms with Crippen LogP contribution in [-0.4, -0.2) is 12.1 Å². The molecule has 0 amide bonds. The molecule has 1 heterocycles. The van der Waals surface area contributed by atoms with Crippen LogP contribution >= 0.6 is 0 Å². The molecular weight excluding hydrogens is 134 g/mol. The lowest BCUT2D eigenvalue weighted by Gasteiger charge is -2.40. The highest BCUT2D eigenvalue weighted by atomic mass is 15.0. The lowest BCUT2D eigenvalue weighted by atomic mass is 9.70. The Kier molecular flexibility index (Phi) is 2.29. The molecule has 1 fully saturated rings. The largest absolute Gasteiger partial charge is 0.311 e. The Morgan fingerprint density at radius 3 is 1.91 bits per heavy atom. The Labute approximate surface area is 70.6 Å². The standard InChI is InChI=1S/C10H21N/c1-5-10(6-2)9(3,4)7-8-11-10/h11H,5-8H2,1-4H3. The molecular formula is C10H21N. The minimum atomic E-state index is 0.424. The van der Waals surface area contributed by atoms with Gasteiger partial charge in [0.1, 0.15) is 0 Å². The summed E-state index contributed by atoms with van der Waals surface area (Å²) < 4.78 is 0. The third kappa shape index (κ3) is 1.20. The van der Waals surface area contributed by atoms with E-state index in [-0.39, 0.29) is 0 Å². The third-order valence-corrected chi connectivity index (χ3v) is 3.72. The van der Waals surface area contributed by atoms with Crippen LogP contribution in [0.2, 0.25) is 0 Å². The monoisotopic (exact) mass is 155 g/mol. The van der Waals surface area contributed by atoms with Gasteiger partial charge in [0.05, 0.1) is 0 Å². The Hall–Kier alpha value is -0.0400. The van der Waals surface area contributed by atoms with Crippen molar-refractivity contribution in [2.45, 2.75) is 52.5 Å². The van der Waals surface area contributed by atoms with E-state index in [9.17, 15) is 0 Å². The van der Waals surface area contributed by atoms with Gasteiger partial charge in [0.15, 0.2) is 0 Å². The normalized spacial score (nSPS) is 27.3. The van der Waals surface area contributed by atoms with Crippen LogP contribution in [0.25, 0.3) is 0 Å². The maximum atomic E-state index is 3.66. The van der Waals surface area contributed by atoms with Gasteiger partial charge in [-0.25, -0.2) is 0 Å². The molecule has 1 nitrogen and oxygen atoms in total. The quantitative estimate of drug-likeness (QED) is 0.646. The molecule has 1 heteroatoms. The van der Waals surface area contributed by atoms with Crippen molar-refractivity contribution in [3.8, 4) is 0 Å². The van der Waals surface area contributed by atoms with E-state index in [0.717, 1.165) is 0 Å². The summed E-state index contributed by atoms with van der Waals surface area (Å²) in [5.41, 5.74) is 0.920. The Balaban J connectivity index is 2.81. The molecule has 0 unspecified atom stereocenters. The zero-order chi connectivity index (χ0) is 8.54. The van der Waals surface area contributed by atoms with Gasteiger partial charge >= 0.3 is 0 Å². The first kappa shape index (κ1) is 9.05. The van der Waals surface area contributed by atoms with Gasteiger partial charge in [-0.05, 0) is 31.2 Å². The topological polar surface area (TPSA) is 12.0 Å². The Bertz CT molecular complexity index is 134. The predicted octanol–water partition coefficient (Wildman–Crippen LogP) is 2.56. The Morgan fingerprint density at radius 1 is 1.18 bits per heavy atom. The van der Waals surface area contributed by atoms with Crippen molar-refractivity contribution in [1.82, 2.24) is 5.32 Å². The van der Waals surface area contributed by atoms with Gasteiger partial charge in [-0.1, -0.05) is 27.7 Å². The molecule has 0 aromatic carbocycles. The van der Waals surface area contributed by atoms with E-state index in [1.54, 1.807) is 0 Å². The minimum Gasteiger partial charge on any atom is -0.311 e. The van der Waals surface area contributed by atoms with Gasteiger partial charge in [0, 0.05) is 5.54 Å². The predicted molar refractivity (Wildman–Crippen MR) is 49.7 cm³/mol. The van der Waals surface area contributed by atoms with E-state index in [2.05, 4.69) is 33.0 Å². The first-order chi connectivity index (χ1) is 5.08. The number of rotatable bonds is 2. The fourth-order valence-electron chi connectivity index (χ4n) is 2.55. The third-order valence-electron chi connectivity index (χ3n) is 3.72. The van der Waals surface area contributed by atoms with Gasteiger partial charge in [-0.15, -0.1) is 0 Å². The van der Waals surface area contributed by atoms with Gasteiger partial charge in [0.25, 0.3) is 0 Å². The van der Waals surface area contributed by atoms with Crippen LogP contribution in [0.15, 0.2) is 0 Å². The van der Waals surface area contributed by atoms with Crippen LogP contribution in [0, 0.1) is 5.41 Å². The van der Waals surface area contributed by atoms with E-state index >= 15 is 0 Å². The number of hydrogen-bond acceptors (Lipinski definition) is 1. The highest BCUT2D eigenvalue weighted by Gasteiger charge is 2.45. The van der Waals surface area contributed by atoms with Gasteiger partial charge in [-0.3, -0.25) is 0 Å². The molecule has 0 aromatic rings. The molecule has 11 heavy (non-hydrogen) atoms. The molecule has 0 radical (unpaired) electrons. The highest BCUT2D eigenvalue weighted by molar-refractivity contribution is 5.03. The maximum Gasteiger partial charge on any atom is 0.0227 e. The molecule has 0 aromatic heterocycles. The number of hydrogen-bond donors (Lipinski definition) is 1. The van der Waals surface area contributed by atoms with Crippen LogP contribution < -0.4 is 5.32 Å². The first-order valence-corrected chi connectivity index (χ1v) is 4.83. The lowest BCUT2D eigenvalue weighted by molar-refractivity contribution is 0.167. The summed E-state index contributed by atoms with van der Waals surface area (Å²) in [6.45, 7) is 10.6. The molecule has 1 aliphatic heterocycles. The molecule has 1 N–H and O–H groups in total. The van der Waals surface area contributed by atoms with Crippen LogP contribution in [0.3, 0.4) is 0 Å². The molecule has 0 saturated carbocycles. The first-order valence-electron chi connectivity index (χ1n) is 4.83. The molecule has 0 spiro atoms. The van der Waals surface area contributed by atoms with Crippen LogP contribution in [0.1, 0.15) is 47.0 Å². The summed E-state index contributed by atoms with van der Waals surface area (Å²) in [5.74, 6) is 0. The van der Waals surface area contributed by atoms with E-state index in [0.29, 0.717) is 11.0 Å². The van der Waals surface area contributed by atoms with Crippen LogP contribution in [0.5, 0.6) is 0 Å². The SMILES string of the molecule is CCC1(CC)NCCC1(C)C. The molecule has 66 valence electrons. The van der Waals surface area contributed by atoms with Crippen molar-refractivity contribution in [1.29, 1.82) is 0 Å². The molecule has 1 rings (SSSR count). The van der Waals surface area contributed by atoms with Crippen molar-refractivity contribution in [3.63, 3.8) is 0 Å². The molecule has 0 bridgehead atoms. The zero-order valence-electron chi connectivity index (χ0n) is 8.33. The van der Waals surface area contributed by atoms with Crippen LogP contribution in [-0.2, 0) is 0 Å². The van der Waals surface area contributed by atoms with Crippen LogP contribution in [0.4, 0.5) is 0 Å². The smallest absolute Gasteiger partial charge is 0.0227 e. The fraction of sp³-hybridized carbons (Fsp3) is 1.00. The second-order valence-corrected chi connectivity index (χ2v) is 4.35. The highest BCUT2D eigenvalue weighted by Crippen LogP contribution is 2.42. The summed E-state index contributed by atoms with van der Waals surface area (Å²) in [6, 6.07) is 0. The summed E-state index contributed by atoms with van der Waals surface area (Å²) in [5, 5.41) is 3.66. The van der Waals surface area contributed by atoms with E-state index in [1.165, 1.54) is 25.8 Å². The zero-order valence-corrected chi connectivity index (χ0v) is 8.33. The van der Waals surface area contributed by atoms with Gasteiger partial charge in [-0.2, -0.15) is 0 Å². The molecule has 0 aliphatic carbocycles. The summed E-state index contributed by atoms with van der Waals surface area (Å²) in [6.07, 6.45) is 3.85. The van der Waals surface area contributed by atoms with E-state index in [4.69, 9.17) is 0 Å². The van der Waals surface area contributed by atoms with Gasteiger partial charge < -0.3 is 5.32 Å². The molecule has 1 aliphatic rings. The molecule has 0 atom stereocenters. The van der Waals surface area contributed by atoms with Crippen molar-refractivity contribution in [2.24, 2.45) is 5.41 Å². The average molecular weight is 155 g/mol. The second-order valence-electron chi connectivity index (χ2n) is 4.35. The van der Waals surface area contributed by atoms with E-state index in [1.807, 2.05) is 0 Å². The maximum absolute atomic E-state index is 3.66. The van der Waals surface area contributed by atoms with Crippen molar-refractivity contribution >= 4 is 0 Å².